The Kier molecular flexibility index (Phi) is 7.94. The van der Waals surface area contributed by atoms with Crippen molar-refractivity contribution in [2.24, 2.45) is 5.92 Å². The van der Waals surface area contributed by atoms with Gasteiger partial charge in [0.15, 0.2) is 0 Å². The maximum Gasteiger partial charge on any atom is 0.416 e. The number of fused-ring (bicyclic) bond motifs is 3. The van der Waals surface area contributed by atoms with E-state index in [4.69, 9.17) is 23.2 Å². The number of amides is 3. The van der Waals surface area contributed by atoms with Crippen LogP contribution in [-0.4, -0.2) is 27.5 Å². The quantitative estimate of drug-likeness (QED) is 0.188. The van der Waals surface area contributed by atoms with E-state index >= 15 is 0 Å². The Morgan fingerprint density at radius 1 is 0.894 bits per heavy atom. The number of hydrogen-bond acceptors (Lipinski definition) is 6. The highest BCUT2D eigenvalue weighted by Gasteiger charge is 2.57. The van der Waals surface area contributed by atoms with Gasteiger partial charge < -0.3 is 5.32 Å². The molecule has 1 N–H and O–H groups in total. The van der Waals surface area contributed by atoms with Gasteiger partial charge in [-0.2, -0.15) is 13.2 Å². The molecule has 7 rings (SSSR count). The van der Waals surface area contributed by atoms with Gasteiger partial charge in [-0.1, -0.05) is 101 Å². The number of anilines is 2. The summed E-state index contributed by atoms with van der Waals surface area (Å²) in [7, 11) is 0. The molecule has 4 aromatic carbocycles. The van der Waals surface area contributed by atoms with E-state index in [1.165, 1.54) is 10.6 Å². The number of imide groups is 1. The van der Waals surface area contributed by atoms with E-state index < -0.39 is 58.0 Å². The van der Waals surface area contributed by atoms with E-state index in [0.717, 1.165) is 57.0 Å². The van der Waals surface area contributed by atoms with Gasteiger partial charge in [-0.25, -0.2) is 4.90 Å². The Balaban J connectivity index is 1.30. The number of carbonyl (C=O) groups is 3. The second-order valence-electron chi connectivity index (χ2n) is 10.9. The SMILES string of the molecule is O=C(Cn1c2c(sc1=O)[C@H](c1cccc(Cl)c1Cl)C1C(=O)N(c3cccc(C(F)(F)F)c3)C(=O)C1S2)Nc1cccc2ccccc12. The van der Waals surface area contributed by atoms with Crippen LogP contribution in [-0.2, 0) is 27.1 Å². The van der Waals surface area contributed by atoms with Gasteiger partial charge in [0.2, 0.25) is 17.7 Å². The molecule has 47 heavy (non-hydrogen) atoms. The van der Waals surface area contributed by atoms with Gasteiger partial charge >= 0.3 is 11.0 Å². The van der Waals surface area contributed by atoms with Crippen molar-refractivity contribution >= 4 is 86.2 Å². The van der Waals surface area contributed by atoms with Crippen molar-refractivity contribution in [1.82, 2.24) is 4.57 Å². The number of rotatable bonds is 5. The summed E-state index contributed by atoms with van der Waals surface area (Å²) in [6, 6.07) is 21.7. The van der Waals surface area contributed by atoms with Crippen LogP contribution in [0.5, 0.6) is 0 Å². The molecule has 5 aromatic rings. The van der Waals surface area contributed by atoms with Gasteiger partial charge in [0.1, 0.15) is 11.8 Å². The van der Waals surface area contributed by atoms with Crippen LogP contribution in [0.25, 0.3) is 10.8 Å². The number of nitrogens with one attached hydrogen (secondary N) is 1. The Morgan fingerprint density at radius 2 is 1.62 bits per heavy atom. The van der Waals surface area contributed by atoms with Gasteiger partial charge in [-0.05, 0) is 41.3 Å². The smallest absolute Gasteiger partial charge is 0.324 e. The minimum Gasteiger partial charge on any atom is -0.324 e. The Hall–Kier alpha value is -4.10. The van der Waals surface area contributed by atoms with Crippen molar-refractivity contribution in [2.75, 3.05) is 10.2 Å². The zero-order valence-electron chi connectivity index (χ0n) is 23.8. The first-order chi connectivity index (χ1) is 22.4. The third-order valence-electron chi connectivity index (χ3n) is 8.16. The molecule has 3 heterocycles. The Labute approximate surface area is 282 Å². The number of hydrogen-bond donors (Lipinski definition) is 1. The van der Waals surface area contributed by atoms with E-state index in [-0.39, 0.29) is 15.7 Å². The molecule has 1 aromatic heterocycles. The fraction of sp³-hybridized carbons (Fsp3) is 0.152. The summed E-state index contributed by atoms with van der Waals surface area (Å²) in [6.07, 6.45) is -4.70. The first-order valence-electron chi connectivity index (χ1n) is 14.1. The van der Waals surface area contributed by atoms with E-state index in [0.29, 0.717) is 21.2 Å². The number of alkyl halides is 3. The predicted molar refractivity (Wildman–Crippen MR) is 177 cm³/mol. The molecule has 0 spiro atoms. The molecule has 2 unspecified atom stereocenters. The molecule has 1 saturated heterocycles. The number of carbonyl (C=O) groups excluding carboxylic acids is 3. The lowest BCUT2D eigenvalue weighted by Crippen LogP contribution is -2.33. The van der Waals surface area contributed by atoms with Crippen molar-refractivity contribution in [3.05, 3.63) is 121 Å². The predicted octanol–water partition coefficient (Wildman–Crippen LogP) is 7.82. The molecule has 0 radical (unpaired) electrons. The monoisotopic (exact) mass is 713 g/mol. The van der Waals surface area contributed by atoms with Gasteiger partial charge in [0.05, 0.1) is 32.2 Å². The zero-order chi connectivity index (χ0) is 33.2. The molecule has 7 nitrogen and oxygen atoms in total. The van der Waals surface area contributed by atoms with E-state index in [1.54, 1.807) is 30.3 Å². The van der Waals surface area contributed by atoms with Crippen LogP contribution in [0.3, 0.4) is 0 Å². The number of nitrogens with zero attached hydrogens (tertiary/aromatic N) is 2. The van der Waals surface area contributed by atoms with Crippen LogP contribution in [0.15, 0.2) is 94.7 Å². The van der Waals surface area contributed by atoms with Gasteiger partial charge in [-0.3, -0.25) is 23.7 Å². The fourth-order valence-corrected chi connectivity index (χ4v) is 9.28. The summed E-state index contributed by atoms with van der Waals surface area (Å²) < 4.78 is 41.9. The lowest BCUT2D eigenvalue weighted by Gasteiger charge is -2.31. The first kappa shape index (κ1) is 31.5. The van der Waals surface area contributed by atoms with Crippen LogP contribution < -0.4 is 15.1 Å². The minimum atomic E-state index is -4.70. The van der Waals surface area contributed by atoms with Crippen molar-refractivity contribution in [3.8, 4) is 0 Å². The summed E-state index contributed by atoms with van der Waals surface area (Å²) in [5.41, 5.74) is -0.320. The first-order valence-corrected chi connectivity index (χ1v) is 16.6. The number of aromatic nitrogens is 1. The van der Waals surface area contributed by atoms with E-state index in [1.807, 2.05) is 30.3 Å². The van der Waals surface area contributed by atoms with Crippen LogP contribution in [0, 0.1) is 5.92 Å². The molecule has 0 saturated carbocycles. The Morgan fingerprint density at radius 3 is 2.40 bits per heavy atom. The topological polar surface area (TPSA) is 88.5 Å². The van der Waals surface area contributed by atoms with Crippen molar-refractivity contribution in [1.29, 1.82) is 0 Å². The van der Waals surface area contributed by atoms with Gasteiger partial charge in [0, 0.05) is 21.9 Å². The summed E-state index contributed by atoms with van der Waals surface area (Å²) in [5, 5.41) is 4.02. The Bertz CT molecular complexity index is 2180. The second-order valence-corrected chi connectivity index (χ2v) is 13.9. The van der Waals surface area contributed by atoms with Crippen molar-refractivity contribution < 1.29 is 27.6 Å². The van der Waals surface area contributed by atoms with Gasteiger partial charge in [-0.15, -0.1) is 0 Å². The molecule has 1 fully saturated rings. The third kappa shape index (κ3) is 5.42. The highest BCUT2D eigenvalue weighted by Crippen LogP contribution is 2.55. The standard InChI is InChI=1S/C33H20Cl2F3N3O4S2/c34-21-12-5-11-20(26(21)35)24-25-27(30(44)41(29(25)43)18-9-4-8-17(14-18)33(36,37)38)46-31-28(24)47-32(45)40(31)15-23(42)39-22-13-3-7-16-6-1-2-10-19(16)22/h1-14,24-25,27H,15H2,(H,39,42)/t24-,25?,27?/m1/s1. The summed E-state index contributed by atoms with van der Waals surface area (Å²) in [5.74, 6) is -4.05. The molecule has 14 heteroatoms. The average molecular weight is 715 g/mol. The molecular formula is C33H20Cl2F3N3O4S2. The number of thiazole rings is 1. The molecule has 0 bridgehead atoms. The normalized spacial score (nSPS) is 19.2. The number of thioether (sulfide) groups is 1. The number of halogens is 5. The van der Waals surface area contributed by atoms with Crippen LogP contribution in [0.4, 0.5) is 24.5 Å². The lowest BCUT2D eigenvalue weighted by atomic mass is 9.83. The molecule has 3 amide bonds. The lowest BCUT2D eigenvalue weighted by molar-refractivity contribution is -0.137. The van der Waals surface area contributed by atoms with Crippen molar-refractivity contribution in [2.45, 2.75) is 28.9 Å². The third-order valence-corrected chi connectivity index (χ3v) is 11.6. The minimum absolute atomic E-state index is 0.106. The van der Waals surface area contributed by atoms with Crippen molar-refractivity contribution in [3.63, 3.8) is 0 Å². The fourth-order valence-electron chi connectivity index (χ4n) is 6.09. The molecule has 2 aliphatic rings. The van der Waals surface area contributed by atoms with Crippen LogP contribution in [0.2, 0.25) is 10.0 Å². The number of benzene rings is 4. The molecular weight excluding hydrogens is 694 g/mol. The molecule has 238 valence electrons. The zero-order valence-corrected chi connectivity index (χ0v) is 26.9. The van der Waals surface area contributed by atoms with E-state index in [9.17, 15) is 32.3 Å². The molecule has 0 aliphatic carbocycles. The van der Waals surface area contributed by atoms with Crippen LogP contribution >= 0.6 is 46.3 Å². The van der Waals surface area contributed by atoms with E-state index in [2.05, 4.69) is 5.32 Å². The summed E-state index contributed by atoms with van der Waals surface area (Å²) in [4.78, 5) is 55.5. The molecule has 2 aliphatic heterocycles. The summed E-state index contributed by atoms with van der Waals surface area (Å²) >= 11 is 14.7. The average Bonchev–Trinajstić information content (AvgIpc) is 3.48. The highest BCUT2D eigenvalue weighted by molar-refractivity contribution is 8.00. The maximum atomic E-state index is 14.1. The van der Waals surface area contributed by atoms with Crippen LogP contribution in [0.1, 0.15) is 21.9 Å². The van der Waals surface area contributed by atoms with Gasteiger partial charge in [0.25, 0.3) is 0 Å². The molecule has 3 atom stereocenters. The summed E-state index contributed by atoms with van der Waals surface area (Å²) in [6.45, 7) is -0.395. The maximum absolute atomic E-state index is 14.1. The second kappa shape index (κ2) is 11.9. The largest absolute Gasteiger partial charge is 0.416 e. The highest BCUT2D eigenvalue weighted by atomic mass is 35.5.